The maximum atomic E-state index is 13.9. The van der Waals surface area contributed by atoms with Gasteiger partial charge in [-0.25, -0.2) is 4.39 Å². The minimum atomic E-state index is -4.02. The first-order valence-corrected chi connectivity index (χ1v) is 12.0. The molecule has 0 saturated carbocycles. The van der Waals surface area contributed by atoms with Gasteiger partial charge in [0, 0.05) is 12.0 Å². The fourth-order valence-corrected chi connectivity index (χ4v) is 5.35. The summed E-state index contributed by atoms with van der Waals surface area (Å²) >= 11 is 0. The minimum Gasteiger partial charge on any atom is -0.493 e. The summed E-state index contributed by atoms with van der Waals surface area (Å²) in [4.78, 5) is 0.111. The SMILES string of the molecule is COc1cc(C2CC(c3cccc(F)c3)=NN2S(=O)(=O)c2ccc(C)cc2)cc(OC)c1OC. The summed E-state index contributed by atoms with van der Waals surface area (Å²) in [6, 6.07) is 15.2. The molecule has 1 atom stereocenters. The third-order valence-corrected chi connectivity index (χ3v) is 7.36. The molecule has 1 unspecified atom stereocenters. The maximum Gasteiger partial charge on any atom is 0.279 e. The predicted molar refractivity (Wildman–Crippen MR) is 127 cm³/mol. The Morgan fingerprint density at radius 3 is 2.15 bits per heavy atom. The van der Waals surface area contributed by atoms with Gasteiger partial charge in [0.1, 0.15) is 5.82 Å². The van der Waals surface area contributed by atoms with Crippen LogP contribution in [0.25, 0.3) is 0 Å². The number of rotatable bonds is 7. The fourth-order valence-electron chi connectivity index (χ4n) is 3.91. The first-order chi connectivity index (χ1) is 16.3. The molecule has 0 bridgehead atoms. The molecule has 1 aliphatic heterocycles. The van der Waals surface area contributed by atoms with Crippen LogP contribution >= 0.6 is 0 Å². The number of methoxy groups -OCH3 is 3. The van der Waals surface area contributed by atoms with Gasteiger partial charge in [0.2, 0.25) is 5.75 Å². The van der Waals surface area contributed by atoms with E-state index < -0.39 is 21.9 Å². The van der Waals surface area contributed by atoms with Crippen LogP contribution in [0.5, 0.6) is 17.2 Å². The minimum absolute atomic E-state index is 0.111. The highest BCUT2D eigenvalue weighted by Crippen LogP contribution is 2.44. The number of aryl methyl sites for hydroxylation is 1. The summed E-state index contributed by atoms with van der Waals surface area (Å²) in [6.07, 6.45) is 0.229. The van der Waals surface area contributed by atoms with E-state index in [1.807, 2.05) is 6.92 Å². The standard InChI is InChI=1S/C25H25FN2O5S/c1-16-8-10-20(11-9-16)34(29,30)28-22(15-21(27-28)17-6-5-7-19(26)12-17)18-13-23(31-2)25(33-4)24(14-18)32-3/h5-14,22H,15H2,1-4H3. The molecule has 3 aromatic carbocycles. The molecule has 1 heterocycles. The van der Waals surface area contributed by atoms with Crippen molar-refractivity contribution in [3.8, 4) is 17.2 Å². The highest BCUT2D eigenvalue weighted by molar-refractivity contribution is 7.89. The molecular weight excluding hydrogens is 459 g/mol. The highest BCUT2D eigenvalue weighted by Gasteiger charge is 2.38. The maximum absolute atomic E-state index is 13.9. The molecule has 0 aromatic heterocycles. The number of sulfonamides is 1. The predicted octanol–water partition coefficient (Wildman–Crippen LogP) is 4.70. The van der Waals surface area contributed by atoms with Gasteiger partial charge in [0.15, 0.2) is 11.5 Å². The van der Waals surface area contributed by atoms with Gasteiger partial charge in [0.05, 0.1) is 38.0 Å². The number of hydrogen-bond donors (Lipinski definition) is 0. The molecule has 34 heavy (non-hydrogen) atoms. The largest absolute Gasteiger partial charge is 0.493 e. The van der Waals surface area contributed by atoms with E-state index in [1.54, 1.807) is 48.5 Å². The smallest absolute Gasteiger partial charge is 0.279 e. The Balaban J connectivity index is 1.86. The van der Waals surface area contributed by atoms with Crippen LogP contribution in [0, 0.1) is 12.7 Å². The van der Waals surface area contributed by atoms with Crippen LogP contribution in [0.4, 0.5) is 4.39 Å². The van der Waals surface area contributed by atoms with Gasteiger partial charge in [-0.05, 0) is 48.9 Å². The second-order valence-electron chi connectivity index (χ2n) is 7.83. The van der Waals surface area contributed by atoms with Crippen molar-refractivity contribution in [3.63, 3.8) is 0 Å². The Hall–Kier alpha value is -3.59. The van der Waals surface area contributed by atoms with E-state index in [0.29, 0.717) is 34.1 Å². The van der Waals surface area contributed by atoms with Gasteiger partial charge in [-0.15, -0.1) is 0 Å². The summed E-state index contributed by atoms with van der Waals surface area (Å²) in [6.45, 7) is 1.88. The van der Waals surface area contributed by atoms with Gasteiger partial charge in [0.25, 0.3) is 10.0 Å². The van der Waals surface area contributed by atoms with Gasteiger partial charge in [-0.2, -0.15) is 17.9 Å². The van der Waals surface area contributed by atoms with E-state index >= 15 is 0 Å². The van der Waals surface area contributed by atoms with Crippen molar-refractivity contribution in [1.29, 1.82) is 0 Å². The van der Waals surface area contributed by atoms with Crippen molar-refractivity contribution in [2.45, 2.75) is 24.3 Å². The zero-order valence-electron chi connectivity index (χ0n) is 19.3. The van der Waals surface area contributed by atoms with E-state index in [4.69, 9.17) is 14.2 Å². The van der Waals surface area contributed by atoms with Crippen LogP contribution in [0.3, 0.4) is 0 Å². The average molecular weight is 485 g/mol. The quantitative estimate of drug-likeness (QED) is 0.486. The third-order valence-electron chi connectivity index (χ3n) is 5.67. The normalized spacial score (nSPS) is 15.7. The van der Waals surface area contributed by atoms with Gasteiger partial charge in [-0.1, -0.05) is 29.8 Å². The number of hydrazone groups is 1. The van der Waals surface area contributed by atoms with Crippen molar-refractivity contribution in [3.05, 3.63) is 83.2 Å². The first kappa shape index (κ1) is 23.6. The fraction of sp³-hybridized carbons (Fsp3) is 0.240. The number of hydrogen-bond acceptors (Lipinski definition) is 6. The Kier molecular flexibility index (Phi) is 6.47. The second kappa shape index (κ2) is 9.34. The van der Waals surface area contributed by atoms with Crippen LogP contribution in [-0.4, -0.2) is 39.9 Å². The Morgan fingerprint density at radius 1 is 0.941 bits per heavy atom. The van der Waals surface area contributed by atoms with Crippen molar-refractivity contribution in [2.75, 3.05) is 21.3 Å². The molecule has 178 valence electrons. The number of halogens is 1. The van der Waals surface area contributed by atoms with Crippen LogP contribution in [-0.2, 0) is 10.0 Å². The number of ether oxygens (including phenoxy) is 3. The average Bonchev–Trinajstić information content (AvgIpc) is 3.30. The molecule has 0 fully saturated rings. The summed E-state index contributed by atoms with van der Waals surface area (Å²) in [5, 5.41) is 4.46. The van der Waals surface area contributed by atoms with Gasteiger partial charge in [-0.3, -0.25) is 0 Å². The molecule has 0 amide bonds. The second-order valence-corrected chi connectivity index (χ2v) is 9.62. The van der Waals surface area contributed by atoms with E-state index in [9.17, 15) is 12.8 Å². The van der Waals surface area contributed by atoms with E-state index in [1.165, 1.54) is 33.5 Å². The van der Waals surface area contributed by atoms with Crippen LogP contribution in [0.2, 0.25) is 0 Å². The lowest BCUT2D eigenvalue weighted by Gasteiger charge is -2.25. The Morgan fingerprint density at radius 2 is 1.59 bits per heavy atom. The summed E-state index contributed by atoms with van der Waals surface area (Å²) in [5.41, 5.74) is 2.50. The molecule has 1 aliphatic rings. The van der Waals surface area contributed by atoms with Crippen molar-refractivity contribution < 1.29 is 27.0 Å². The molecule has 4 rings (SSSR count). The lowest BCUT2D eigenvalue weighted by Crippen LogP contribution is -2.27. The van der Waals surface area contributed by atoms with Crippen molar-refractivity contribution in [1.82, 2.24) is 4.41 Å². The summed E-state index contributed by atoms with van der Waals surface area (Å²) in [7, 11) is 0.458. The summed E-state index contributed by atoms with van der Waals surface area (Å²) < 4.78 is 58.7. The first-order valence-electron chi connectivity index (χ1n) is 10.5. The molecule has 0 spiro atoms. The zero-order valence-corrected chi connectivity index (χ0v) is 20.1. The Labute approximate surface area is 198 Å². The third kappa shape index (κ3) is 4.31. The highest BCUT2D eigenvalue weighted by atomic mass is 32.2. The number of nitrogens with zero attached hydrogens (tertiary/aromatic N) is 2. The van der Waals surface area contributed by atoms with E-state index in [0.717, 1.165) is 9.98 Å². The van der Waals surface area contributed by atoms with E-state index in [2.05, 4.69) is 5.10 Å². The van der Waals surface area contributed by atoms with Gasteiger partial charge < -0.3 is 14.2 Å². The monoisotopic (exact) mass is 484 g/mol. The molecule has 9 heteroatoms. The molecule has 3 aromatic rings. The van der Waals surface area contributed by atoms with E-state index in [-0.39, 0.29) is 11.3 Å². The molecular formula is C25H25FN2O5S. The zero-order chi connectivity index (χ0) is 24.5. The van der Waals surface area contributed by atoms with Crippen molar-refractivity contribution in [2.24, 2.45) is 5.10 Å². The van der Waals surface area contributed by atoms with Gasteiger partial charge >= 0.3 is 0 Å². The molecule has 0 saturated heterocycles. The van der Waals surface area contributed by atoms with Crippen LogP contribution in [0.15, 0.2) is 70.7 Å². The lowest BCUT2D eigenvalue weighted by molar-refractivity contribution is 0.319. The topological polar surface area (TPSA) is 77.4 Å². The molecule has 0 radical (unpaired) electrons. The molecule has 7 nitrogen and oxygen atoms in total. The number of benzene rings is 3. The molecule has 0 aliphatic carbocycles. The molecule has 0 N–H and O–H groups in total. The van der Waals surface area contributed by atoms with Crippen LogP contribution in [0.1, 0.15) is 29.2 Å². The van der Waals surface area contributed by atoms with Crippen LogP contribution < -0.4 is 14.2 Å². The lowest BCUT2D eigenvalue weighted by atomic mass is 9.98. The van der Waals surface area contributed by atoms with Crippen molar-refractivity contribution >= 4 is 15.7 Å². The summed E-state index contributed by atoms with van der Waals surface area (Å²) in [5.74, 6) is 0.753. The Bertz CT molecular complexity index is 1310.